The predicted molar refractivity (Wildman–Crippen MR) is 100 cm³/mol. The minimum absolute atomic E-state index is 0.00882. The normalized spacial score (nSPS) is 14.8. The molecule has 1 unspecified atom stereocenters. The van der Waals surface area contributed by atoms with E-state index in [0.29, 0.717) is 0 Å². The van der Waals surface area contributed by atoms with Crippen molar-refractivity contribution in [1.29, 1.82) is 0 Å². The van der Waals surface area contributed by atoms with E-state index in [4.69, 9.17) is 5.73 Å². The Balaban J connectivity index is 1.75. The first kappa shape index (κ1) is 16.4. The zero-order valence-corrected chi connectivity index (χ0v) is 14.4. The summed E-state index contributed by atoms with van der Waals surface area (Å²) in [5.41, 5.74) is 11.3. The summed E-state index contributed by atoms with van der Waals surface area (Å²) in [5.74, 6) is 0.00882. The van der Waals surface area contributed by atoms with Gasteiger partial charge in [-0.3, -0.25) is 4.79 Å². The van der Waals surface area contributed by atoms with Crippen LogP contribution >= 0.6 is 0 Å². The van der Waals surface area contributed by atoms with Crippen LogP contribution in [0.2, 0.25) is 0 Å². The molecule has 0 fully saturated rings. The smallest absolute Gasteiger partial charge is 0.246 e. The zero-order valence-electron chi connectivity index (χ0n) is 14.4. The van der Waals surface area contributed by atoms with E-state index < -0.39 is 0 Å². The van der Waals surface area contributed by atoms with E-state index in [0.717, 1.165) is 48.4 Å². The molecule has 3 rings (SSSR count). The summed E-state index contributed by atoms with van der Waals surface area (Å²) in [6.07, 6.45) is 2.99. The summed E-state index contributed by atoms with van der Waals surface area (Å²) in [5, 5.41) is 3.02. The molecular weight excluding hydrogens is 298 g/mol. The number of carbonyl (C=O) groups excluding carboxylic acids is 1. The average Bonchev–Trinajstić information content (AvgIpc) is 2.61. The van der Waals surface area contributed by atoms with Crippen LogP contribution in [0, 0.1) is 0 Å². The number of fused-ring (bicyclic) bond motifs is 1. The molecule has 4 heteroatoms. The third-order valence-electron chi connectivity index (χ3n) is 4.80. The number of hydrogen-bond acceptors (Lipinski definition) is 3. The summed E-state index contributed by atoms with van der Waals surface area (Å²) in [4.78, 5) is 14.8. The van der Waals surface area contributed by atoms with E-state index >= 15 is 0 Å². The van der Waals surface area contributed by atoms with Gasteiger partial charge in [0.2, 0.25) is 5.91 Å². The molecule has 2 aromatic carbocycles. The van der Waals surface area contributed by atoms with E-state index in [9.17, 15) is 4.79 Å². The van der Waals surface area contributed by atoms with Crippen molar-refractivity contribution in [3.8, 4) is 0 Å². The lowest BCUT2D eigenvalue weighted by Crippen LogP contribution is -2.44. The molecule has 0 saturated carbocycles. The van der Waals surface area contributed by atoms with Crippen LogP contribution in [0.5, 0.6) is 0 Å². The van der Waals surface area contributed by atoms with Crippen LogP contribution in [-0.2, 0) is 17.6 Å². The molecule has 0 aliphatic carbocycles. The van der Waals surface area contributed by atoms with Crippen molar-refractivity contribution in [3.63, 3.8) is 0 Å². The standard InChI is InChI=1S/C20H25N3O/c1-3-15-9-11-16(12-10-15)22-20(24)14(2)23-13-5-6-17-18(21)7-4-8-19(17)23/h4,7-12,14H,3,5-6,13,21H2,1-2H3,(H,22,24). The molecule has 0 aromatic heterocycles. The fourth-order valence-electron chi connectivity index (χ4n) is 3.29. The molecule has 24 heavy (non-hydrogen) atoms. The summed E-state index contributed by atoms with van der Waals surface area (Å²) >= 11 is 0. The number of aryl methyl sites for hydroxylation is 1. The van der Waals surface area contributed by atoms with Gasteiger partial charge in [-0.2, -0.15) is 0 Å². The number of nitrogens with zero attached hydrogens (tertiary/aromatic N) is 1. The molecule has 1 heterocycles. The first-order valence-electron chi connectivity index (χ1n) is 8.64. The van der Waals surface area contributed by atoms with Gasteiger partial charge in [-0.15, -0.1) is 0 Å². The lowest BCUT2D eigenvalue weighted by atomic mass is 9.98. The second-order valence-corrected chi connectivity index (χ2v) is 6.36. The number of rotatable bonds is 4. The van der Waals surface area contributed by atoms with Gasteiger partial charge in [0.05, 0.1) is 0 Å². The van der Waals surface area contributed by atoms with Crippen LogP contribution in [0.3, 0.4) is 0 Å². The monoisotopic (exact) mass is 323 g/mol. The molecule has 1 aliphatic rings. The molecule has 1 aliphatic heterocycles. The highest BCUT2D eigenvalue weighted by molar-refractivity contribution is 5.97. The summed E-state index contributed by atoms with van der Waals surface area (Å²) < 4.78 is 0. The molecule has 2 aromatic rings. The minimum atomic E-state index is -0.239. The molecule has 0 saturated heterocycles. The van der Waals surface area contributed by atoms with Gasteiger partial charge in [0, 0.05) is 23.6 Å². The van der Waals surface area contributed by atoms with Crippen molar-refractivity contribution in [1.82, 2.24) is 0 Å². The Labute approximate surface area is 143 Å². The fourth-order valence-corrected chi connectivity index (χ4v) is 3.29. The second-order valence-electron chi connectivity index (χ2n) is 6.36. The SMILES string of the molecule is CCc1ccc(NC(=O)C(C)N2CCCc3c(N)cccc32)cc1. The number of hydrogen-bond donors (Lipinski definition) is 2. The molecule has 1 atom stereocenters. The van der Waals surface area contributed by atoms with Crippen LogP contribution in [-0.4, -0.2) is 18.5 Å². The summed E-state index contributed by atoms with van der Waals surface area (Å²) in [6, 6.07) is 13.7. The molecule has 4 nitrogen and oxygen atoms in total. The van der Waals surface area contributed by atoms with Gasteiger partial charge < -0.3 is 16.0 Å². The van der Waals surface area contributed by atoms with Gasteiger partial charge in [-0.05, 0) is 61.6 Å². The van der Waals surface area contributed by atoms with Gasteiger partial charge in [0.25, 0.3) is 0 Å². The number of benzene rings is 2. The van der Waals surface area contributed by atoms with Crippen LogP contribution < -0.4 is 16.0 Å². The van der Waals surface area contributed by atoms with E-state index in [-0.39, 0.29) is 11.9 Å². The Hall–Kier alpha value is -2.49. The first-order chi connectivity index (χ1) is 11.6. The third-order valence-corrected chi connectivity index (χ3v) is 4.80. The Kier molecular flexibility index (Phi) is 4.74. The zero-order chi connectivity index (χ0) is 17.1. The van der Waals surface area contributed by atoms with Crippen molar-refractivity contribution in [3.05, 3.63) is 53.6 Å². The number of anilines is 3. The highest BCUT2D eigenvalue weighted by atomic mass is 16.2. The molecule has 0 bridgehead atoms. The van der Waals surface area contributed by atoms with Crippen LogP contribution in [0.15, 0.2) is 42.5 Å². The van der Waals surface area contributed by atoms with Crippen molar-refractivity contribution in [2.24, 2.45) is 0 Å². The Morgan fingerprint density at radius 2 is 2.00 bits per heavy atom. The van der Waals surface area contributed by atoms with Crippen molar-refractivity contribution in [2.75, 3.05) is 22.5 Å². The number of nitrogens with two attached hydrogens (primary N) is 1. The van der Waals surface area contributed by atoms with Gasteiger partial charge in [-0.1, -0.05) is 25.1 Å². The Bertz CT molecular complexity index is 724. The molecule has 126 valence electrons. The quantitative estimate of drug-likeness (QED) is 0.845. The van der Waals surface area contributed by atoms with Gasteiger partial charge in [-0.25, -0.2) is 0 Å². The summed E-state index contributed by atoms with van der Waals surface area (Å²) in [6.45, 7) is 4.95. The predicted octanol–water partition coefficient (Wildman–Crippen LogP) is 3.61. The average molecular weight is 323 g/mol. The van der Waals surface area contributed by atoms with Gasteiger partial charge >= 0.3 is 0 Å². The minimum Gasteiger partial charge on any atom is -0.398 e. The van der Waals surface area contributed by atoms with Gasteiger partial charge in [0.1, 0.15) is 6.04 Å². The van der Waals surface area contributed by atoms with Crippen LogP contribution in [0.4, 0.5) is 17.1 Å². The lowest BCUT2D eigenvalue weighted by molar-refractivity contribution is -0.117. The molecule has 1 amide bonds. The largest absolute Gasteiger partial charge is 0.398 e. The number of carbonyl (C=O) groups is 1. The number of nitrogens with one attached hydrogen (secondary N) is 1. The van der Waals surface area contributed by atoms with Crippen LogP contribution in [0.1, 0.15) is 31.4 Å². The molecule has 0 spiro atoms. The van der Waals surface area contributed by atoms with Crippen molar-refractivity contribution >= 4 is 23.0 Å². The highest BCUT2D eigenvalue weighted by Crippen LogP contribution is 2.32. The fraction of sp³-hybridized carbons (Fsp3) is 0.350. The van der Waals surface area contributed by atoms with E-state index in [2.05, 4.69) is 35.3 Å². The maximum Gasteiger partial charge on any atom is 0.246 e. The van der Waals surface area contributed by atoms with Crippen LogP contribution in [0.25, 0.3) is 0 Å². The second kappa shape index (κ2) is 6.95. The first-order valence-corrected chi connectivity index (χ1v) is 8.64. The van der Waals surface area contributed by atoms with E-state index in [1.54, 1.807) is 0 Å². The number of amides is 1. The van der Waals surface area contributed by atoms with Crippen molar-refractivity contribution < 1.29 is 4.79 Å². The van der Waals surface area contributed by atoms with E-state index in [1.807, 2.05) is 31.2 Å². The van der Waals surface area contributed by atoms with Gasteiger partial charge in [0.15, 0.2) is 0 Å². The Morgan fingerprint density at radius 3 is 2.71 bits per heavy atom. The van der Waals surface area contributed by atoms with Crippen molar-refractivity contribution in [2.45, 2.75) is 39.2 Å². The third kappa shape index (κ3) is 3.23. The highest BCUT2D eigenvalue weighted by Gasteiger charge is 2.26. The lowest BCUT2D eigenvalue weighted by Gasteiger charge is -2.36. The topological polar surface area (TPSA) is 58.4 Å². The molecule has 0 radical (unpaired) electrons. The molecule has 3 N–H and O–H groups in total. The maximum atomic E-state index is 12.7. The number of nitrogen functional groups attached to an aromatic ring is 1. The maximum absolute atomic E-state index is 12.7. The Morgan fingerprint density at radius 1 is 1.25 bits per heavy atom. The molecular formula is C20H25N3O. The van der Waals surface area contributed by atoms with E-state index in [1.165, 1.54) is 5.56 Å². The summed E-state index contributed by atoms with van der Waals surface area (Å²) in [7, 11) is 0.